The predicted molar refractivity (Wildman–Crippen MR) is 87.3 cm³/mol. The summed E-state index contributed by atoms with van der Waals surface area (Å²) in [5.74, 6) is 2.29. The number of fused-ring (bicyclic) bond motifs is 3. The second kappa shape index (κ2) is 4.95. The van der Waals surface area contributed by atoms with Crippen LogP contribution in [-0.2, 0) is 4.79 Å². The summed E-state index contributed by atoms with van der Waals surface area (Å²) >= 11 is 0. The molecule has 1 saturated heterocycles. The van der Waals surface area contributed by atoms with Gasteiger partial charge in [0, 0.05) is 11.5 Å². The van der Waals surface area contributed by atoms with Gasteiger partial charge in [0.15, 0.2) is 0 Å². The molecular formula is C19H27N3O2. The number of carbonyl (C=O) groups is 1. The van der Waals surface area contributed by atoms with Crippen molar-refractivity contribution in [1.82, 2.24) is 4.90 Å². The van der Waals surface area contributed by atoms with Crippen LogP contribution in [0.4, 0.5) is 0 Å². The van der Waals surface area contributed by atoms with Crippen molar-refractivity contribution in [3.05, 3.63) is 0 Å². The van der Waals surface area contributed by atoms with Crippen molar-refractivity contribution < 1.29 is 9.90 Å². The highest BCUT2D eigenvalue weighted by Gasteiger charge is 2.61. The zero-order chi connectivity index (χ0) is 16.6. The number of amides is 1. The molecule has 1 heterocycles. The minimum Gasteiger partial charge on any atom is -0.393 e. The van der Waals surface area contributed by atoms with Crippen LogP contribution in [0.25, 0.3) is 0 Å². The van der Waals surface area contributed by atoms with E-state index in [1.807, 2.05) is 4.90 Å². The first kappa shape index (κ1) is 15.2. The number of hydrogen-bond acceptors (Lipinski definition) is 4. The lowest BCUT2D eigenvalue weighted by Gasteiger charge is -2.41. The van der Waals surface area contributed by atoms with Crippen molar-refractivity contribution in [3.8, 4) is 6.07 Å². The quantitative estimate of drug-likeness (QED) is 0.801. The molecule has 3 bridgehead atoms. The fraction of sp³-hybridized carbons (Fsp3) is 0.895. The lowest BCUT2D eigenvalue weighted by Crippen LogP contribution is -2.57. The maximum Gasteiger partial charge on any atom is 0.241 e. The van der Waals surface area contributed by atoms with Crippen molar-refractivity contribution in [1.29, 1.82) is 5.26 Å². The van der Waals surface area contributed by atoms with Crippen molar-refractivity contribution >= 4 is 5.91 Å². The predicted octanol–water partition coefficient (Wildman–Crippen LogP) is 1.40. The monoisotopic (exact) mass is 329 g/mol. The highest BCUT2D eigenvalue weighted by molar-refractivity contribution is 5.84. The standard InChI is InChI=1S/C19H27N3O2/c20-9-14-5-12-6-16(12)22(14)18(24)17(21)19-7-11-1-10(2-13(19)3-11)4-15(23)8-19/h10-17,23H,1-8,21H2. The number of likely N-dealkylation sites (tertiary alicyclic amines) is 1. The number of nitrogens with zero attached hydrogens (tertiary/aromatic N) is 2. The smallest absolute Gasteiger partial charge is 0.241 e. The summed E-state index contributed by atoms with van der Waals surface area (Å²) in [7, 11) is 0. The SMILES string of the molecule is N#CC1CC2CC2N1C(=O)C(N)C12CC(O)CC3CC(CC1C3)C2. The van der Waals surface area contributed by atoms with E-state index in [4.69, 9.17) is 5.73 Å². The molecule has 9 atom stereocenters. The van der Waals surface area contributed by atoms with Crippen LogP contribution in [-0.4, -0.2) is 40.1 Å². The summed E-state index contributed by atoms with van der Waals surface area (Å²) in [6, 6.07) is 1.74. The van der Waals surface area contributed by atoms with E-state index in [0.717, 1.165) is 32.1 Å². The van der Waals surface area contributed by atoms with Gasteiger partial charge in [0.2, 0.25) is 5.91 Å². The van der Waals surface area contributed by atoms with Gasteiger partial charge in [-0.2, -0.15) is 5.26 Å². The van der Waals surface area contributed by atoms with E-state index >= 15 is 0 Å². The third kappa shape index (κ3) is 1.96. The molecular weight excluding hydrogens is 302 g/mol. The van der Waals surface area contributed by atoms with E-state index in [-0.39, 0.29) is 29.5 Å². The van der Waals surface area contributed by atoms with Crippen molar-refractivity contribution in [2.24, 2.45) is 34.8 Å². The van der Waals surface area contributed by atoms with Crippen LogP contribution < -0.4 is 5.73 Å². The fourth-order valence-corrected chi connectivity index (χ4v) is 7.06. The summed E-state index contributed by atoms with van der Waals surface area (Å²) in [4.78, 5) is 15.1. The van der Waals surface area contributed by atoms with E-state index in [9.17, 15) is 15.2 Å². The van der Waals surface area contributed by atoms with Crippen LogP contribution >= 0.6 is 0 Å². The Hall–Kier alpha value is -1.12. The molecule has 0 spiro atoms. The molecule has 5 rings (SSSR count). The van der Waals surface area contributed by atoms with Crippen LogP contribution in [0.3, 0.4) is 0 Å². The van der Waals surface area contributed by atoms with Gasteiger partial charge >= 0.3 is 0 Å². The first-order valence-corrected chi connectivity index (χ1v) is 9.67. The van der Waals surface area contributed by atoms with E-state index in [1.54, 1.807) is 0 Å². The number of rotatable bonds is 2. The molecule has 5 nitrogen and oxygen atoms in total. The Kier molecular flexibility index (Phi) is 3.13. The van der Waals surface area contributed by atoms with Gasteiger partial charge < -0.3 is 15.7 Å². The molecule has 3 N–H and O–H groups in total. The molecule has 24 heavy (non-hydrogen) atoms. The lowest BCUT2D eigenvalue weighted by atomic mass is 9.68. The Labute approximate surface area is 143 Å². The minimum atomic E-state index is -0.547. The number of nitriles is 1. The first-order chi connectivity index (χ1) is 11.5. The van der Waals surface area contributed by atoms with Gasteiger partial charge in [-0.1, -0.05) is 0 Å². The molecule has 0 radical (unpaired) electrons. The van der Waals surface area contributed by atoms with Gasteiger partial charge in [-0.15, -0.1) is 0 Å². The second-order valence-corrected chi connectivity index (χ2v) is 9.33. The molecule has 4 saturated carbocycles. The summed E-state index contributed by atoms with van der Waals surface area (Å²) in [5, 5.41) is 19.9. The normalized spacial score (nSPS) is 52.5. The van der Waals surface area contributed by atoms with Crippen LogP contribution in [0.1, 0.15) is 51.4 Å². The molecule has 5 heteroatoms. The second-order valence-electron chi connectivity index (χ2n) is 9.33. The molecule has 0 aromatic rings. The molecule has 5 fully saturated rings. The Morgan fingerprint density at radius 1 is 1.17 bits per heavy atom. The number of piperidine rings is 1. The van der Waals surface area contributed by atoms with Crippen LogP contribution in [0.15, 0.2) is 0 Å². The molecule has 0 aromatic carbocycles. The number of nitrogens with two attached hydrogens (primary N) is 1. The van der Waals surface area contributed by atoms with E-state index in [0.29, 0.717) is 30.1 Å². The molecule has 0 aromatic heterocycles. The minimum absolute atomic E-state index is 0.00949. The van der Waals surface area contributed by atoms with Gasteiger partial charge in [-0.3, -0.25) is 4.79 Å². The molecule has 9 unspecified atom stereocenters. The number of carbonyl (C=O) groups excluding carboxylic acids is 1. The number of aliphatic hydroxyl groups excluding tert-OH is 1. The van der Waals surface area contributed by atoms with Crippen LogP contribution in [0.2, 0.25) is 0 Å². The molecule has 1 aliphatic heterocycles. The summed E-state index contributed by atoms with van der Waals surface area (Å²) in [6.45, 7) is 0. The summed E-state index contributed by atoms with van der Waals surface area (Å²) in [5.41, 5.74) is 6.41. The van der Waals surface area contributed by atoms with Crippen molar-refractivity contribution in [2.75, 3.05) is 0 Å². The van der Waals surface area contributed by atoms with E-state index in [1.165, 1.54) is 12.8 Å². The first-order valence-electron chi connectivity index (χ1n) is 9.67. The number of hydrogen-bond donors (Lipinski definition) is 2. The maximum absolute atomic E-state index is 13.3. The Morgan fingerprint density at radius 3 is 2.75 bits per heavy atom. The Morgan fingerprint density at radius 2 is 1.96 bits per heavy atom. The third-order valence-corrected chi connectivity index (χ3v) is 8.00. The average molecular weight is 329 g/mol. The van der Waals surface area contributed by atoms with Crippen LogP contribution in [0, 0.1) is 40.4 Å². The zero-order valence-electron chi connectivity index (χ0n) is 14.1. The summed E-state index contributed by atoms with van der Waals surface area (Å²) in [6.07, 6.45) is 7.60. The van der Waals surface area contributed by atoms with Crippen molar-refractivity contribution in [3.63, 3.8) is 0 Å². The summed E-state index contributed by atoms with van der Waals surface area (Å²) < 4.78 is 0. The average Bonchev–Trinajstić information content (AvgIpc) is 3.15. The zero-order valence-corrected chi connectivity index (χ0v) is 14.1. The van der Waals surface area contributed by atoms with Gasteiger partial charge in [0.1, 0.15) is 6.04 Å². The topological polar surface area (TPSA) is 90.4 Å². The van der Waals surface area contributed by atoms with Crippen LogP contribution in [0.5, 0.6) is 0 Å². The fourth-order valence-electron chi connectivity index (χ4n) is 7.06. The van der Waals surface area contributed by atoms with Crippen molar-refractivity contribution in [2.45, 2.75) is 75.6 Å². The molecule has 1 amide bonds. The largest absolute Gasteiger partial charge is 0.393 e. The van der Waals surface area contributed by atoms with E-state index in [2.05, 4.69) is 6.07 Å². The molecule has 5 aliphatic rings. The van der Waals surface area contributed by atoms with Gasteiger partial charge in [0.05, 0.1) is 18.2 Å². The highest BCUT2D eigenvalue weighted by Crippen LogP contribution is 2.62. The molecule has 4 aliphatic carbocycles. The Bertz CT molecular complexity index is 614. The maximum atomic E-state index is 13.3. The lowest BCUT2D eigenvalue weighted by molar-refractivity contribution is -0.138. The van der Waals surface area contributed by atoms with E-state index < -0.39 is 6.04 Å². The van der Waals surface area contributed by atoms with Gasteiger partial charge in [-0.25, -0.2) is 0 Å². The molecule has 130 valence electrons. The Balaban J connectivity index is 1.46. The highest BCUT2D eigenvalue weighted by atomic mass is 16.3. The van der Waals surface area contributed by atoms with Gasteiger partial charge in [0.25, 0.3) is 0 Å². The third-order valence-electron chi connectivity index (χ3n) is 8.00. The number of aliphatic hydroxyl groups is 1. The van der Waals surface area contributed by atoms with Gasteiger partial charge in [-0.05, 0) is 75.0 Å².